The second-order valence-electron chi connectivity index (χ2n) is 4.26. The van der Waals surface area contributed by atoms with E-state index >= 15 is 0 Å². The minimum absolute atomic E-state index is 0.225. The fourth-order valence-electron chi connectivity index (χ4n) is 1.79. The molecule has 0 aliphatic carbocycles. The van der Waals surface area contributed by atoms with Crippen LogP contribution in [-0.4, -0.2) is 14.8 Å². The Morgan fingerprint density at radius 2 is 2.00 bits per heavy atom. The van der Waals surface area contributed by atoms with Crippen molar-refractivity contribution in [2.24, 2.45) is 7.05 Å². The topological polar surface area (TPSA) is 43.9 Å². The summed E-state index contributed by atoms with van der Waals surface area (Å²) in [6, 6.07) is 10.1. The minimum Gasteiger partial charge on any atom is -0.461 e. The van der Waals surface area contributed by atoms with Gasteiger partial charge in [-0.3, -0.25) is 0 Å². The quantitative estimate of drug-likeness (QED) is 0.689. The summed E-state index contributed by atoms with van der Waals surface area (Å²) in [5.74, 6) is 1.87. The van der Waals surface area contributed by atoms with Crippen LogP contribution in [0.1, 0.15) is 5.56 Å². The Balaban J connectivity index is 1.74. The molecule has 0 aliphatic heterocycles. The largest absolute Gasteiger partial charge is 0.461 e. The van der Waals surface area contributed by atoms with Crippen molar-refractivity contribution in [2.45, 2.75) is 10.9 Å². The highest BCUT2D eigenvalue weighted by Crippen LogP contribution is 2.25. The Kier molecular flexibility index (Phi) is 3.56. The van der Waals surface area contributed by atoms with Crippen molar-refractivity contribution in [3.63, 3.8) is 0 Å². The highest BCUT2D eigenvalue weighted by Gasteiger charge is 2.13. The van der Waals surface area contributed by atoms with E-state index < -0.39 is 0 Å². The Morgan fingerprint density at radius 3 is 2.70 bits per heavy atom. The summed E-state index contributed by atoms with van der Waals surface area (Å²) < 4.78 is 20.0. The number of nitrogens with zero attached hydrogens (tertiary/aromatic N) is 3. The average molecular weight is 289 g/mol. The first-order valence-corrected chi connectivity index (χ1v) is 7.03. The predicted octanol–water partition coefficient (Wildman–Crippen LogP) is 3.51. The maximum Gasteiger partial charge on any atom is 0.200 e. The van der Waals surface area contributed by atoms with Crippen LogP contribution in [0.2, 0.25) is 0 Å². The number of halogens is 1. The number of aromatic nitrogens is 3. The second-order valence-corrected chi connectivity index (χ2v) is 5.20. The monoisotopic (exact) mass is 289 g/mol. The summed E-state index contributed by atoms with van der Waals surface area (Å²) in [4.78, 5) is 0. The lowest BCUT2D eigenvalue weighted by atomic mass is 10.2. The predicted molar refractivity (Wildman–Crippen MR) is 74.7 cm³/mol. The molecule has 0 radical (unpaired) electrons. The molecule has 3 aromatic rings. The van der Waals surface area contributed by atoms with Crippen LogP contribution in [0.25, 0.3) is 11.6 Å². The van der Waals surface area contributed by atoms with Crippen LogP contribution < -0.4 is 0 Å². The zero-order chi connectivity index (χ0) is 13.9. The molecule has 2 aromatic heterocycles. The highest BCUT2D eigenvalue weighted by atomic mass is 32.2. The van der Waals surface area contributed by atoms with E-state index in [2.05, 4.69) is 10.2 Å². The second kappa shape index (κ2) is 5.50. The molecule has 0 saturated carbocycles. The molecule has 0 fully saturated rings. The van der Waals surface area contributed by atoms with Gasteiger partial charge in [-0.25, -0.2) is 4.39 Å². The van der Waals surface area contributed by atoms with Crippen LogP contribution >= 0.6 is 11.8 Å². The van der Waals surface area contributed by atoms with Gasteiger partial charge in [0.2, 0.25) is 0 Å². The number of benzene rings is 1. The van der Waals surface area contributed by atoms with Crippen molar-refractivity contribution in [1.29, 1.82) is 0 Å². The number of rotatable bonds is 4. The molecule has 0 bridgehead atoms. The molecule has 2 heterocycles. The molecule has 1 aromatic carbocycles. The molecule has 102 valence electrons. The number of hydrogen-bond donors (Lipinski definition) is 0. The summed E-state index contributed by atoms with van der Waals surface area (Å²) in [7, 11) is 1.89. The van der Waals surface area contributed by atoms with E-state index in [1.165, 1.54) is 12.1 Å². The molecule has 6 heteroatoms. The highest BCUT2D eigenvalue weighted by molar-refractivity contribution is 7.98. The van der Waals surface area contributed by atoms with Crippen LogP contribution in [0.15, 0.2) is 52.2 Å². The van der Waals surface area contributed by atoms with E-state index in [1.54, 1.807) is 30.2 Å². The fraction of sp³-hybridized carbons (Fsp3) is 0.143. The first kappa shape index (κ1) is 12.9. The van der Waals surface area contributed by atoms with E-state index in [0.717, 1.165) is 10.7 Å². The van der Waals surface area contributed by atoms with Gasteiger partial charge in [-0.2, -0.15) is 0 Å². The van der Waals surface area contributed by atoms with Gasteiger partial charge in [0.15, 0.2) is 16.7 Å². The molecule has 0 amide bonds. The number of thioether (sulfide) groups is 1. The van der Waals surface area contributed by atoms with Gasteiger partial charge in [-0.15, -0.1) is 10.2 Å². The van der Waals surface area contributed by atoms with Crippen molar-refractivity contribution in [3.8, 4) is 11.6 Å². The van der Waals surface area contributed by atoms with E-state index in [4.69, 9.17) is 4.42 Å². The average Bonchev–Trinajstić information content (AvgIpc) is 3.08. The zero-order valence-corrected chi connectivity index (χ0v) is 11.6. The Morgan fingerprint density at radius 1 is 1.20 bits per heavy atom. The SMILES string of the molecule is Cn1c(SCc2ccc(F)cc2)nnc1-c1ccco1. The number of furan rings is 1. The molecule has 20 heavy (non-hydrogen) atoms. The van der Waals surface area contributed by atoms with Crippen LogP contribution in [0.4, 0.5) is 4.39 Å². The van der Waals surface area contributed by atoms with Crippen molar-refractivity contribution >= 4 is 11.8 Å². The van der Waals surface area contributed by atoms with Crippen molar-refractivity contribution < 1.29 is 8.81 Å². The van der Waals surface area contributed by atoms with Gasteiger partial charge >= 0.3 is 0 Å². The lowest BCUT2D eigenvalue weighted by Gasteiger charge is -2.02. The Hall–Kier alpha value is -2.08. The van der Waals surface area contributed by atoms with Gasteiger partial charge in [0, 0.05) is 12.8 Å². The normalized spacial score (nSPS) is 10.9. The van der Waals surface area contributed by atoms with Crippen molar-refractivity contribution in [3.05, 3.63) is 54.0 Å². The molecule has 0 saturated heterocycles. The Bertz CT molecular complexity index is 692. The third kappa shape index (κ3) is 2.60. The van der Waals surface area contributed by atoms with Crippen LogP contribution in [-0.2, 0) is 12.8 Å². The smallest absolute Gasteiger partial charge is 0.200 e. The van der Waals surface area contributed by atoms with Gasteiger partial charge in [0.05, 0.1) is 6.26 Å². The molecular formula is C14H12FN3OS. The van der Waals surface area contributed by atoms with Crippen LogP contribution in [0.5, 0.6) is 0 Å². The van der Waals surface area contributed by atoms with Crippen molar-refractivity contribution in [2.75, 3.05) is 0 Å². The molecular weight excluding hydrogens is 277 g/mol. The summed E-state index contributed by atoms with van der Waals surface area (Å²) >= 11 is 1.55. The lowest BCUT2D eigenvalue weighted by molar-refractivity contribution is 0.572. The summed E-state index contributed by atoms with van der Waals surface area (Å²) in [5.41, 5.74) is 1.04. The Labute approximate surface area is 119 Å². The number of hydrogen-bond acceptors (Lipinski definition) is 4. The van der Waals surface area contributed by atoms with Crippen molar-refractivity contribution in [1.82, 2.24) is 14.8 Å². The standard InChI is InChI=1S/C14H12FN3OS/c1-18-13(12-3-2-8-19-12)16-17-14(18)20-9-10-4-6-11(15)7-5-10/h2-8H,9H2,1H3. The van der Waals surface area contributed by atoms with Gasteiger partial charge in [0.1, 0.15) is 5.82 Å². The van der Waals surface area contributed by atoms with Gasteiger partial charge in [0.25, 0.3) is 0 Å². The minimum atomic E-state index is -0.225. The molecule has 3 rings (SSSR count). The molecule has 0 spiro atoms. The lowest BCUT2D eigenvalue weighted by Crippen LogP contribution is -1.94. The van der Waals surface area contributed by atoms with E-state index in [9.17, 15) is 4.39 Å². The molecule has 0 aliphatic rings. The zero-order valence-electron chi connectivity index (χ0n) is 10.8. The summed E-state index contributed by atoms with van der Waals surface area (Å²) in [5, 5.41) is 9.06. The third-order valence-corrected chi connectivity index (χ3v) is 3.95. The van der Waals surface area contributed by atoms with Crippen LogP contribution in [0.3, 0.4) is 0 Å². The molecule has 0 atom stereocenters. The molecule has 4 nitrogen and oxygen atoms in total. The van der Waals surface area contributed by atoms with E-state index in [-0.39, 0.29) is 5.82 Å². The van der Waals surface area contributed by atoms with Gasteiger partial charge in [-0.1, -0.05) is 23.9 Å². The first-order valence-electron chi connectivity index (χ1n) is 6.04. The maximum atomic E-state index is 12.8. The van der Waals surface area contributed by atoms with Gasteiger partial charge < -0.3 is 8.98 Å². The fourth-order valence-corrected chi connectivity index (χ4v) is 2.66. The maximum absolute atomic E-state index is 12.8. The van der Waals surface area contributed by atoms with Crippen LogP contribution in [0, 0.1) is 5.82 Å². The van der Waals surface area contributed by atoms with E-state index in [1.807, 2.05) is 23.7 Å². The first-order chi connectivity index (χ1) is 9.74. The molecule has 0 N–H and O–H groups in total. The third-order valence-electron chi connectivity index (χ3n) is 2.86. The molecule has 0 unspecified atom stereocenters. The van der Waals surface area contributed by atoms with Gasteiger partial charge in [-0.05, 0) is 29.8 Å². The summed E-state index contributed by atoms with van der Waals surface area (Å²) in [6.45, 7) is 0. The summed E-state index contributed by atoms with van der Waals surface area (Å²) in [6.07, 6.45) is 1.61. The van der Waals surface area contributed by atoms with E-state index in [0.29, 0.717) is 17.3 Å².